The molecule has 0 saturated heterocycles. The van der Waals surface area contributed by atoms with E-state index >= 15 is 0 Å². The number of carbonyl (C=O) groups excluding carboxylic acids is 3. The maximum absolute atomic E-state index is 13.2. The van der Waals surface area contributed by atoms with Gasteiger partial charge in [-0.05, 0) is 69.2 Å². The Morgan fingerprint density at radius 2 is 2.03 bits per heavy atom. The molecule has 1 aliphatic heterocycles. The number of amides is 3. The molecule has 9 nitrogen and oxygen atoms in total. The van der Waals surface area contributed by atoms with E-state index < -0.39 is 0 Å². The number of aromatic amines is 1. The molecule has 3 N–H and O–H groups in total. The fourth-order valence-electron chi connectivity index (χ4n) is 4.53. The van der Waals surface area contributed by atoms with Crippen LogP contribution in [0.5, 0.6) is 5.75 Å². The van der Waals surface area contributed by atoms with Crippen molar-refractivity contribution in [1.82, 2.24) is 25.7 Å². The molecule has 0 saturated carbocycles. The van der Waals surface area contributed by atoms with Gasteiger partial charge in [0.2, 0.25) is 11.8 Å². The SMILES string of the molecule is Cc1n[nH]c(C)c1CCC(=O)N1CCCCNC(=O)c2cc(Cl)ccc2OC[C@@H](CC(C)C)NC(=O)C1. The van der Waals surface area contributed by atoms with E-state index in [0.29, 0.717) is 67.4 Å². The van der Waals surface area contributed by atoms with E-state index in [0.717, 1.165) is 17.0 Å². The molecular weight excluding hydrogens is 494 g/mol. The molecule has 1 aliphatic rings. The van der Waals surface area contributed by atoms with Crippen molar-refractivity contribution in [3.05, 3.63) is 45.7 Å². The number of H-pyrrole nitrogens is 1. The second kappa shape index (κ2) is 13.5. The third kappa shape index (κ3) is 8.49. The summed E-state index contributed by atoms with van der Waals surface area (Å²) in [6.07, 6.45) is 2.85. The van der Waals surface area contributed by atoms with Gasteiger partial charge in [0.1, 0.15) is 12.4 Å². The van der Waals surface area contributed by atoms with Gasteiger partial charge in [-0.3, -0.25) is 19.5 Å². The zero-order valence-corrected chi connectivity index (χ0v) is 22.9. The molecule has 3 amide bonds. The number of nitrogens with zero attached hydrogens (tertiary/aromatic N) is 2. The van der Waals surface area contributed by atoms with Crippen molar-refractivity contribution in [1.29, 1.82) is 0 Å². The van der Waals surface area contributed by atoms with Crippen LogP contribution in [0.25, 0.3) is 0 Å². The van der Waals surface area contributed by atoms with Gasteiger partial charge in [0.25, 0.3) is 5.91 Å². The molecule has 0 aliphatic carbocycles. The van der Waals surface area contributed by atoms with Gasteiger partial charge < -0.3 is 20.3 Å². The molecule has 0 radical (unpaired) electrons. The Labute approximate surface area is 223 Å². The Morgan fingerprint density at radius 3 is 2.73 bits per heavy atom. The lowest BCUT2D eigenvalue weighted by molar-refractivity contribution is -0.136. The van der Waals surface area contributed by atoms with Crippen LogP contribution in [-0.2, 0) is 16.0 Å². The van der Waals surface area contributed by atoms with E-state index in [4.69, 9.17) is 16.3 Å². The summed E-state index contributed by atoms with van der Waals surface area (Å²) in [4.78, 5) is 40.7. The number of aryl methyl sites for hydroxylation is 2. The molecular formula is C27H38ClN5O4. The number of aromatic nitrogens is 2. The Morgan fingerprint density at radius 1 is 1.24 bits per heavy atom. The number of carbonyl (C=O) groups is 3. The van der Waals surface area contributed by atoms with Gasteiger partial charge in [0.15, 0.2) is 0 Å². The second-order valence-electron chi connectivity index (χ2n) is 10.0. The molecule has 10 heteroatoms. The molecule has 0 fully saturated rings. The van der Waals surface area contributed by atoms with Crippen molar-refractivity contribution >= 4 is 29.3 Å². The number of rotatable bonds is 5. The summed E-state index contributed by atoms with van der Waals surface area (Å²) in [5, 5.41) is 13.6. The molecule has 0 spiro atoms. The number of ether oxygens (including phenoxy) is 1. The lowest BCUT2D eigenvalue weighted by Gasteiger charge is -2.25. The van der Waals surface area contributed by atoms with Crippen LogP contribution in [0.3, 0.4) is 0 Å². The highest BCUT2D eigenvalue weighted by Crippen LogP contribution is 2.24. The van der Waals surface area contributed by atoms with Crippen LogP contribution in [0.15, 0.2) is 18.2 Å². The Kier molecular flexibility index (Phi) is 10.4. The summed E-state index contributed by atoms with van der Waals surface area (Å²) < 4.78 is 6.00. The highest BCUT2D eigenvalue weighted by atomic mass is 35.5. The summed E-state index contributed by atoms with van der Waals surface area (Å²) in [5.74, 6) is 0.154. The van der Waals surface area contributed by atoms with Crippen LogP contribution in [-0.4, -0.2) is 65.1 Å². The first-order valence-corrected chi connectivity index (χ1v) is 13.3. The predicted octanol–water partition coefficient (Wildman–Crippen LogP) is 3.57. The average molecular weight is 532 g/mol. The topological polar surface area (TPSA) is 116 Å². The van der Waals surface area contributed by atoms with Crippen LogP contribution in [0.1, 0.15) is 66.8 Å². The number of hydrogen-bond acceptors (Lipinski definition) is 5. The maximum Gasteiger partial charge on any atom is 0.255 e. The van der Waals surface area contributed by atoms with E-state index in [9.17, 15) is 14.4 Å². The molecule has 1 aromatic heterocycles. The molecule has 202 valence electrons. The van der Waals surface area contributed by atoms with Crippen LogP contribution in [0.2, 0.25) is 5.02 Å². The van der Waals surface area contributed by atoms with E-state index in [1.165, 1.54) is 0 Å². The van der Waals surface area contributed by atoms with Gasteiger partial charge in [0, 0.05) is 30.2 Å². The standard InChI is InChI=1S/C27H38ClN5O4/c1-17(2)13-21-16-37-24-9-7-20(28)14-23(24)27(36)29-11-5-6-12-33(15-25(34)30-21)26(35)10-8-22-18(3)31-32-19(22)4/h7,9,14,17,21H,5-6,8,10-13,15-16H2,1-4H3,(H,29,36)(H,30,34)(H,31,32)/t21-/m1/s1. The molecule has 0 unspecified atom stereocenters. The number of hydrogen-bond donors (Lipinski definition) is 3. The largest absolute Gasteiger partial charge is 0.491 e. The quantitative estimate of drug-likeness (QED) is 0.545. The van der Waals surface area contributed by atoms with Gasteiger partial charge in [-0.25, -0.2) is 0 Å². The minimum atomic E-state index is -0.280. The number of benzene rings is 1. The minimum absolute atomic E-state index is 0.0185. The number of halogens is 1. The van der Waals surface area contributed by atoms with E-state index in [2.05, 4.69) is 34.7 Å². The predicted molar refractivity (Wildman–Crippen MR) is 143 cm³/mol. The monoisotopic (exact) mass is 531 g/mol. The highest BCUT2D eigenvalue weighted by molar-refractivity contribution is 6.31. The lowest BCUT2D eigenvalue weighted by atomic mass is 10.0. The smallest absolute Gasteiger partial charge is 0.255 e. The fourth-order valence-corrected chi connectivity index (χ4v) is 4.70. The molecule has 1 atom stereocenters. The van der Waals surface area contributed by atoms with Crippen molar-refractivity contribution in [3.63, 3.8) is 0 Å². The fraction of sp³-hybridized carbons (Fsp3) is 0.556. The van der Waals surface area contributed by atoms with Crippen molar-refractivity contribution in [2.75, 3.05) is 26.2 Å². The number of fused-ring (bicyclic) bond motifs is 1. The summed E-state index contributed by atoms with van der Waals surface area (Å²) in [6.45, 7) is 9.03. The van der Waals surface area contributed by atoms with Gasteiger partial charge in [0.05, 0.1) is 23.8 Å². The van der Waals surface area contributed by atoms with Gasteiger partial charge in [-0.2, -0.15) is 5.10 Å². The summed E-state index contributed by atoms with van der Waals surface area (Å²) in [7, 11) is 0. The zero-order chi connectivity index (χ0) is 26.9. The minimum Gasteiger partial charge on any atom is -0.491 e. The first-order chi connectivity index (χ1) is 17.6. The first-order valence-electron chi connectivity index (χ1n) is 12.9. The van der Waals surface area contributed by atoms with Gasteiger partial charge >= 0.3 is 0 Å². The van der Waals surface area contributed by atoms with Gasteiger partial charge in [-0.1, -0.05) is 25.4 Å². The summed E-state index contributed by atoms with van der Waals surface area (Å²) in [5.41, 5.74) is 3.23. The average Bonchev–Trinajstić information content (AvgIpc) is 3.16. The van der Waals surface area contributed by atoms with Gasteiger partial charge in [-0.15, -0.1) is 0 Å². The molecule has 2 heterocycles. The van der Waals surface area contributed by atoms with Crippen LogP contribution >= 0.6 is 11.6 Å². The molecule has 37 heavy (non-hydrogen) atoms. The normalized spacial score (nSPS) is 17.8. The molecule has 0 bridgehead atoms. The number of nitrogens with one attached hydrogen (secondary N) is 3. The Hall–Kier alpha value is -3.07. The zero-order valence-electron chi connectivity index (χ0n) is 22.2. The van der Waals surface area contributed by atoms with Crippen LogP contribution in [0.4, 0.5) is 0 Å². The van der Waals surface area contributed by atoms with E-state index in [-0.39, 0.29) is 36.9 Å². The first kappa shape index (κ1) is 28.5. The Balaban J connectivity index is 1.75. The third-order valence-electron chi connectivity index (χ3n) is 6.44. The van der Waals surface area contributed by atoms with Crippen molar-refractivity contribution < 1.29 is 19.1 Å². The highest BCUT2D eigenvalue weighted by Gasteiger charge is 2.22. The molecule has 1 aromatic carbocycles. The lowest BCUT2D eigenvalue weighted by Crippen LogP contribution is -2.46. The van der Waals surface area contributed by atoms with E-state index in [1.54, 1.807) is 23.1 Å². The molecule has 3 rings (SSSR count). The van der Waals surface area contributed by atoms with Crippen molar-refractivity contribution in [2.45, 2.75) is 65.8 Å². The van der Waals surface area contributed by atoms with Crippen LogP contribution < -0.4 is 15.4 Å². The summed E-state index contributed by atoms with van der Waals surface area (Å²) >= 11 is 6.14. The Bertz CT molecular complexity index is 1080. The molecule has 2 aromatic rings. The van der Waals surface area contributed by atoms with Crippen molar-refractivity contribution in [3.8, 4) is 5.75 Å². The third-order valence-corrected chi connectivity index (χ3v) is 6.68. The van der Waals surface area contributed by atoms with E-state index in [1.807, 2.05) is 13.8 Å². The van der Waals surface area contributed by atoms with Crippen LogP contribution in [0, 0.1) is 19.8 Å². The maximum atomic E-state index is 13.2. The van der Waals surface area contributed by atoms with Crippen molar-refractivity contribution in [2.24, 2.45) is 5.92 Å². The summed E-state index contributed by atoms with van der Waals surface area (Å²) in [6, 6.07) is 4.66. The second-order valence-corrected chi connectivity index (χ2v) is 10.5.